The number of aliphatic hydroxyl groups is 3. The number of hydrogen-bond donors (Lipinski definition) is 5. The minimum atomic E-state index is -1.40. The molecule has 4 rings (SSSR count). The summed E-state index contributed by atoms with van der Waals surface area (Å²) in [4.78, 5) is 25.0. The van der Waals surface area contributed by atoms with E-state index in [0.29, 0.717) is 36.0 Å². The van der Waals surface area contributed by atoms with Crippen LogP contribution in [0, 0.1) is 23.7 Å². The van der Waals surface area contributed by atoms with Crippen LogP contribution in [0.25, 0.3) is 11.2 Å². The number of carbonyl (C=O) groups is 1. The summed E-state index contributed by atoms with van der Waals surface area (Å²) in [5.74, 6) is 6.84. The molecule has 11 nitrogen and oxygen atoms in total. The Kier molecular flexibility index (Phi) is 7.09. The molecule has 4 unspecified atom stereocenters. The molecule has 3 heterocycles. The van der Waals surface area contributed by atoms with Gasteiger partial charge in [0, 0.05) is 19.6 Å². The zero-order chi connectivity index (χ0) is 23.5. The lowest BCUT2D eigenvalue weighted by molar-refractivity contribution is -0.137. The normalized spacial score (nSPS) is 29.6. The van der Waals surface area contributed by atoms with Gasteiger partial charge in [-0.25, -0.2) is 15.0 Å². The van der Waals surface area contributed by atoms with Crippen molar-refractivity contribution in [1.29, 1.82) is 0 Å². The van der Waals surface area contributed by atoms with Crippen molar-refractivity contribution >= 4 is 22.9 Å². The smallest absolute Gasteiger partial charge is 0.252 e. The van der Waals surface area contributed by atoms with E-state index in [0.717, 1.165) is 25.7 Å². The Morgan fingerprint density at radius 3 is 2.67 bits per heavy atom. The third-order valence-electron chi connectivity index (χ3n) is 6.39. The first kappa shape index (κ1) is 23.4. The molecule has 2 aromatic rings. The Hall–Kier alpha value is -2.78. The number of nitrogens with zero attached hydrogens (tertiary/aromatic N) is 4. The van der Waals surface area contributed by atoms with Crippen LogP contribution >= 0.6 is 0 Å². The number of hydrogen-bond acceptors (Lipinski definition) is 9. The van der Waals surface area contributed by atoms with Gasteiger partial charge in [0.1, 0.15) is 17.7 Å². The molecule has 2 aromatic heterocycles. The fourth-order valence-electron chi connectivity index (χ4n) is 4.45. The van der Waals surface area contributed by atoms with Crippen molar-refractivity contribution in [3.63, 3.8) is 0 Å². The molecule has 0 aromatic carbocycles. The zero-order valence-electron chi connectivity index (χ0n) is 18.5. The third kappa shape index (κ3) is 4.79. The standard InChI is InChI=1S/C22H30N6O5/c1-2-24-21(32)18-16(30)17(31)22(33-18)28-11-25-15-19(23)26-14(27-20(15)28)5-3-4-12-6-8-13(10-29)9-7-12/h11-13,16-18,22,29-31H,2,4,6-10H2,1H3,(H,24,32)(H2,23,26,27). The van der Waals surface area contributed by atoms with Crippen LogP contribution < -0.4 is 11.1 Å². The van der Waals surface area contributed by atoms with E-state index in [2.05, 4.69) is 32.1 Å². The van der Waals surface area contributed by atoms with E-state index < -0.39 is 30.4 Å². The summed E-state index contributed by atoms with van der Waals surface area (Å²) in [6.07, 6.45) is 1.15. The fraction of sp³-hybridized carbons (Fsp3) is 0.636. The number of amides is 1. The number of imidazole rings is 1. The molecule has 33 heavy (non-hydrogen) atoms. The average Bonchev–Trinajstić information content (AvgIpc) is 3.36. The molecule has 0 bridgehead atoms. The number of anilines is 1. The van der Waals surface area contributed by atoms with Crippen molar-refractivity contribution in [2.24, 2.45) is 11.8 Å². The van der Waals surface area contributed by atoms with Crippen molar-refractivity contribution in [3.05, 3.63) is 12.2 Å². The summed E-state index contributed by atoms with van der Waals surface area (Å²) < 4.78 is 7.10. The molecule has 6 N–H and O–H groups in total. The second-order valence-corrected chi connectivity index (χ2v) is 8.65. The van der Waals surface area contributed by atoms with Crippen LogP contribution in [-0.4, -0.2) is 72.2 Å². The SMILES string of the molecule is CCNC(=O)C1OC(n2cnc3c(N)nc(C#CCC4CCC(CO)CC4)nc32)C(O)C1O. The summed E-state index contributed by atoms with van der Waals surface area (Å²) in [6, 6.07) is 0. The molecule has 178 valence electrons. The number of ether oxygens (including phenoxy) is 1. The highest BCUT2D eigenvalue weighted by molar-refractivity contribution is 5.83. The van der Waals surface area contributed by atoms with Crippen LogP contribution in [0.2, 0.25) is 0 Å². The van der Waals surface area contributed by atoms with Gasteiger partial charge in [0.15, 0.2) is 23.8 Å². The maximum atomic E-state index is 12.2. The topological polar surface area (TPSA) is 169 Å². The molecule has 4 atom stereocenters. The van der Waals surface area contributed by atoms with E-state index in [4.69, 9.17) is 10.5 Å². The van der Waals surface area contributed by atoms with E-state index in [1.165, 1.54) is 10.9 Å². The van der Waals surface area contributed by atoms with Crippen LogP contribution in [0.4, 0.5) is 5.82 Å². The Balaban J connectivity index is 1.53. The zero-order valence-corrected chi connectivity index (χ0v) is 18.5. The van der Waals surface area contributed by atoms with E-state index in [1.807, 2.05) is 0 Å². The molecule has 1 saturated carbocycles. The summed E-state index contributed by atoms with van der Waals surface area (Å²) in [7, 11) is 0. The largest absolute Gasteiger partial charge is 0.396 e. The number of nitrogen functional groups attached to an aromatic ring is 1. The summed E-state index contributed by atoms with van der Waals surface area (Å²) in [6.45, 7) is 2.37. The van der Waals surface area contributed by atoms with Gasteiger partial charge < -0.3 is 31.1 Å². The van der Waals surface area contributed by atoms with Crippen molar-refractivity contribution in [3.8, 4) is 11.8 Å². The summed E-state index contributed by atoms with van der Waals surface area (Å²) in [5.41, 5.74) is 6.66. The van der Waals surface area contributed by atoms with Crippen molar-refractivity contribution in [1.82, 2.24) is 24.8 Å². The molecule has 2 fully saturated rings. The Bertz CT molecular complexity index is 1050. The molecule has 1 aliphatic heterocycles. The molecule has 2 aliphatic rings. The maximum absolute atomic E-state index is 12.2. The Morgan fingerprint density at radius 1 is 1.24 bits per heavy atom. The number of aromatic nitrogens is 4. The first-order valence-corrected chi connectivity index (χ1v) is 11.3. The molecular weight excluding hydrogens is 428 g/mol. The molecule has 1 aliphatic carbocycles. The van der Waals surface area contributed by atoms with Crippen LogP contribution in [0.5, 0.6) is 0 Å². The monoisotopic (exact) mass is 458 g/mol. The number of nitrogens with one attached hydrogen (secondary N) is 1. The predicted molar refractivity (Wildman–Crippen MR) is 118 cm³/mol. The third-order valence-corrected chi connectivity index (χ3v) is 6.39. The Labute approximate surface area is 191 Å². The van der Waals surface area contributed by atoms with Gasteiger partial charge in [0.2, 0.25) is 5.82 Å². The van der Waals surface area contributed by atoms with Crippen LogP contribution in [0.3, 0.4) is 0 Å². The highest BCUT2D eigenvalue weighted by Crippen LogP contribution is 2.32. The van der Waals surface area contributed by atoms with Crippen LogP contribution in [-0.2, 0) is 9.53 Å². The van der Waals surface area contributed by atoms with Crippen molar-refractivity contribution in [2.45, 2.75) is 63.6 Å². The van der Waals surface area contributed by atoms with Gasteiger partial charge in [-0.1, -0.05) is 5.92 Å². The van der Waals surface area contributed by atoms with Gasteiger partial charge in [-0.3, -0.25) is 9.36 Å². The van der Waals surface area contributed by atoms with Crippen LogP contribution in [0.15, 0.2) is 6.33 Å². The molecule has 11 heteroatoms. The minimum Gasteiger partial charge on any atom is -0.396 e. The number of fused-ring (bicyclic) bond motifs is 1. The molecular formula is C22H30N6O5. The van der Waals surface area contributed by atoms with Crippen molar-refractivity contribution in [2.75, 3.05) is 18.9 Å². The first-order valence-electron chi connectivity index (χ1n) is 11.3. The molecule has 0 radical (unpaired) electrons. The first-order chi connectivity index (χ1) is 15.9. The highest BCUT2D eigenvalue weighted by atomic mass is 16.6. The van der Waals surface area contributed by atoms with Gasteiger partial charge in [-0.2, -0.15) is 0 Å². The van der Waals surface area contributed by atoms with E-state index >= 15 is 0 Å². The lowest BCUT2D eigenvalue weighted by Crippen LogP contribution is -2.42. The highest BCUT2D eigenvalue weighted by Gasteiger charge is 2.47. The molecule has 0 spiro atoms. The number of nitrogens with two attached hydrogens (primary N) is 1. The predicted octanol–water partition coefficient (Wildman–Crippen LogP) is -0.296. The van der Waals surface area contributed by atoms with E-state index in [1.54, 1.807) is 6.92 Å². The van der Waals surface area contributed by atoms with Gasteiger partial charge in [-0.05, 0) is 50.4 Å². The van der Waals surface area contributed by atoms with Crippen molar-refractivity contribution < 1.29 is 24.9 Å². The minimum absolute atomic E-state index is 0.139. The second-order valence-electron chi connectivity index (χ2n) is 8.65. The van der Waals surface area contributed by atoms with E-state index in [9.17, 15) is 20.1 Å². The van der Waals surface area contributed by atoms with Gasteiger partial charge in [-0.15, -0.1) is 0 Å². The number of aliphatic hydroxyl groups excluding tert-OH is 3. The lowest BCUT2D eigenvalue weighted by Gasteiger charge is -2.25. The van der Waals surface area contributed by atoms with Crippen LogP contribution in [0.1, 0.15) is 51.1 Å². The summed E-state index contributed by atoms with van der Waals surface area (Å²) >= 11 is 0. The van der Waals surface area contributed by atoms with Gasteiger partial charge in [0.25, 0.3) is 5.91 Å². The quantitative estimate of drug-likeness (QED) is 0.378. The fourth-order valence-corrected chi connectivity index (χ4v) is 4.45. The van der Waals surface area contributed by atoms with E-state index in [-0.39, 0.29) is 18.2 Å². The second kappa shape index (κ2) is 10.0. The molecule has 1 amide bonds. The average molecular weight is 459 g/mol. The number of carbonyl (C=O) groups excluding carboxylic acids is 1. The number of rotatable bonds is 5. The number of likely N-dealkylation sites (N-methyl/N-ethyl adjacent to an activating group) is 1. The molecule has 1 saturated heterocycles. The Morgan fingerprint density at radius 2 is 1.97 bits per heavy atom. The van der Waals surface area contributed by atoms with Gasteiger partial charge >= 0.3 is 0 Å². The van der Waals surface area contributed by atoms with Gasteiger partial charge in [0.05, 0.1) is 6.33 Å². The summed E-state index contributed by atoms with van der Waals surface area (Å²) in [5, 5.41) is 32.7. The lowest BCUT2D eigenvalue weighted by atomic mass is 9.81. The maximum Gasteiger partial charge on any atom is 0.252 e.